The highest BCUT2D eigenvalue weighted by molar-refractivity contribution is 6.09. The first-order valence-corrected chi connectivity index (χ1v) is 13.9. The van der Waals surface area contributed by atoms with Crippen molar-refractivity contribution in [2.45, 2.75) is 51.6 Å². The largest absolute Gasteiger partial charge is 0.449 e. The molecule has 0 aromatic heterocycles. The minimum absolute atomic E-state index is 0.0884. The zero-order valence-corrected chi connectivity index (χ0v) is 22.9. The number of rotatable bonds is 8. The highest BCUT2D eigenvalue weighted by Crippen LogP contribution is 2.36. The predicted molar refractivity (Wildman–Crippen MR) is 156 cm³/mol. The molecule has 2 amide bonds. The number of aryl methyl sites for hydroxylation is 1. The Morgan fingerprint density at radius 2 is 1.72 bits per heavy atom. The second-order valence-corrected chi connectivity index (χ2v) is 10.5. The number of amides is 2. The summed E-state index contributed by atoms with van der Waals surface area (Å²) in [7, 11) is 2.15. The third-order valence-electron chi connectivity index (χ3n) is 7.84. The smallest absolute Gasteiger partial charge is 0.294 e. The molecule has 39 heavy (non-hydrogen) atoms. The van der Waals surface area contributed by atoms with Crippen molar-refractivity contribution in [2.24, 2.45) is 0 Å². The SMILES string of the molecule is Cc1ccccc1CN1C(=O)/C(=C\c2ccc(C(=O)NCCN(C)C3CCCCC3)cc2)Oc2ccccc21. The number of fused-ring (bicyclic) bond motifs is 1. The van der Waals surface area contributed by atoms with E-state index in [1.54, 1.807) is 23.1 Å². The van der Waals surface area contributed by atoms with Gasteiger partial charge in [0.1, 0.15) is 0 Å². The van der Waals surface area contributed by atoms with Crippen LogP contribution in [0.1, 0.15) is 59.2 Å². The van der Waals surface area contributed by atoms with Crippen LogP contribution in [0, 0.1) is 6.92 Å². The lowest BCUT2D eigenvalue weighted by atomic mass is 9.94. The van der Waals surface area contributed by atoms with E-state index in [9.17, 15) is 9.59 Å². The lowest BCUT2D eigenvalue weighted by Gasteiger charge is -2.31. The molecule has 5 rings (SSSR count). The zero-order chi connectivity index (χ0) is 27.2. The summed E-state index contributed by atoms with van der Waals surface area (Å²) in [5.41, 5.74) is 4.36. The molecule has 1 aliphatic carbocycles. The van der Waals surface area contributed by atoms with Gasteiger partial charge in [-0.3, -0.25) is 14.5 Å². The molecule has 202 valence electrons. The number of carbonyl (C=O) groups is 2. The summed E-state index contributed by atoms with van der Waals surface area (Å²) in [6, 6.07) is 23.6. The Kier molecular flexibility index (Phi) is 8.42. The Labute approximate surface area is 231 Å². The summed E-state index contributed by atoms with van der Waals surface area (Å²) in [5.74, 6) is 0.617. The third-order valence-corrected chi connectivity index (χ3v) is 7.84. The summed E-state index contributed by atoms with van der Waals surface area (Å²) in [5, 5.41) is 3.04. The Bertz CT molecular complexity index is 1340. The highest BCUT2D eigenvalue weighted by atomic mass is 16.5. The predicted octanol–water partition coefficient (Wildman–Crippen LogP) is 5.96. The van der Waals surface area contributed by atoms with Gasteiger partial charge in [0.25, 0.3) is 11.8 Å². The summed E-state index contributed by atoms with van der Waals surface area (Å²) in [6.45, 7) is 3.98. The monoisotopic (exact) mass is 523 g/mol. The first-order valence-electron chi connectivity index (χ1n) is 13.9. The maximum atomic E-state index is 13.5. The number of para-hydroxylation sites is 2. The summed E-state index contributed by atoms with van der Waals surface area (Å²) in [4.78, 5) is 30.4. The van der Waals surface area contributed by atoms with E-state index in [1.165, 1.54) is 32.1 Å². The second kappa shape index (κ2) is 12.3. The van der Waals surface area contributed by atoms with Crippen molar-refractivity contribution in [3.8, 4) is 5.75 Å². The van der Waals surface area contributed by atoms with Gasteiger partial charge < -0.3 is 15.0 Å². The maximum absolute atomic E-state index is 13.5. The fourth-order valence-electron chi connectivity index (χ4n) is 5.41. The average molecular weight is 524 g/mol. The molecule has 0 atom stereocenters. The van der Waals surface area contributed by atoms with Crippen molar-refractivity contribution in [3.05, 3.63) is 101 Å². The van der Waals surface area contributed by atoms with E-state index in [0.717, 1.165) is 28.9 Å². The molecular formula is C33H37N3O3. The molecule has 0 spiro atoms. The highest BCUT2D eigenvalue weighted by Gasteiger charge is 2.30. The molecule has 3 aromatic carbocycles. The molecule has 1 aliphatic heterocycles. The Morgan fingerprint density at radius 1 is 1.00 bits per heavy atom. The normalized spacial score (nSPS) is 16.7. The van der Waals surface area contributed by atoms with E-state index in [2.05, 4.69) is 30.3 Å². The van der Waals surface area contributed by atoms with Crippen molar-refractivity contribution >= 4 is 23.6 Å². The maximum Gasteiger partial charge on any atom is 0.294 e. The number of hydrogen-bond acceptors (Lipinski definition) is 4. The van der Waals surface area contributed by atoms with Crippen LogP contribution < -0.4 is 15.0 Å². The van der Waals surface area contributed by atoms with Crippen LogP contribution in [-0.2, 0) is 11.3 Å². The molecule has 6 nitrogen and oxygen atoms in total. The van der Waals surface area contributed by atoms with Gasteiger partial charge in [-0.25, -0.2) is 0 Å². The van der Waals surface area contributed by atoms with E-state index in [4.69, 9.17) is 4.74 Å². The van der Waals surface area contributed by atoms with Crippen molar-refractivity contribution in [3.63, 3.8) is 0 Å². The molecule has 0 bridgehead atoms. The Morgan fingerprint density at radius 3 is 2.49 bits per heavy atom. The number of nitrogens with zero attached hydrogens (tertiary/aromatic N) is 2. The van der Waals surface area contributed by atoms with Crippen LogP contribution in [0.5, 0.6) is 5.75 Å². The van der Waals surface area contributed by atoms with Gasteiger partial charge in [0.2, 0.25) is 0 Å². The van der Waals surface area contributed by atoms with Gasteiger partial charge in [0.05, 0.1) is 12.2 Å². The molecule has 0 unspecified atom stereocenters. The molecule has 1 heterocycles. The lowest BCUT2D eigenvalue weighted by Crippen LogP contribution is -2.39. The minimum atomic E-state index is -0.194. The third kappa shape index (κ3) is 6.40. The fraction of sp³-hybridized carbons (Fsp3) is 0.333. The van der Waals surface area contributed by atoms with Crippen LogP contribution in [-0.4, -0.2) is 42.9 Å². The number of carbonyl (C=O) groups excluding carboxylic acids is 2. The van der Waals surface area contributed by atoms with Gasteiger partial charge in [-0.05, 0) is 73.8 Å². The van der Waals surface area contributed by atoms with E-state index in [-0.39, 0.29) is 17.6 Å². The number of benzene rings is 3. The standard InChI is InChI=1S/C33H37N3O3/c1-24-10-6-7-11-27(24)23-36-29-14-8-9-15-30(29)39-31(33(36)38)22-25-16-18-26(19-17-25)32(37)34-20-21-35(2)28-12-4-3-5-13-28/h6-11,14-19,22,28H,3-5,12-13,20-21,23H2,1-2H3,(H,34,37)/b31-22+. The van der Waals surface area contributed by atoms with Gasteiger partial charge in [0.15, 0.2) is 11.5 Å². The number of anilines is 1. The van der Waals surface area contributed by atoms with Crippen LogP contribution in [0.15, 0.2) is 78.6 Å². The first kappa shape index (κ1) is 26.7. The Hall–Kier alpha value is -3.90. The van der Waals surface area contributed by atoms with Crippen LogP contribution in [0.2, 0.25) is 0 Å². The van der Waals surface area contributed by atoms with Gasteiger partial charge >= 0.3 is 0 Å². The number of ether oxygens (including phenoxy) is 1. The number of nitrogens with one attached hydrogen (secondary N) is 1. The molecular weight excluding hydrogens is 486 g/mol. The second-order valence-electron chi connectivity index (χ2n) is 10.5. The molecule has 1 fully saturated rings. The van der Waals surface area contributed by atoms with Crippen LogP contribution in [0.3, 0.4) is 0 Å². The van der Waals surface area contributed by atoms with Gasteiger partial charge in [-0.2, -0.15) is 0 Å². The molecule has 0 radical (unpaired) electrons. The Balaban J connectivity index is 1.25. The number of hydrogen-bond donors (Lipinski definition) is 1. The lowest BCUT2D eigenvalue weighted by molar-refractivity contribution is -0.117. The summed E-state index contributed by atoms with van der Waals surface area (Å²) < 4.78 is 6.04. The van der Waals surface area contributed by atoms with E-state index in [0.29, 0.717) is 30.4 Å². The van der Waals surface area contributed by atoms with Gasteiger partial charge in [-0.15, -0.1) is 0 Å². The molecule has 1 saturated carbocycles. The van der Waals surface area contributed by atoms with Crippen molar-refractivity contribution in [1.29, 1.82) is 0 Å². The van der Waals surface area contributed by atoms with E-state index in [1.807, 2.05) is 54.6 Å². The number of likely N-dealkylation sites (N-methyl/N-ethyl adjacent to an activating group) is 1. The van der Waals surface area contributed by atoms with E-state index >= 15 is 0 Å². The molecule has 2 aliphatic rings. The van der Waals surface area contributed by atoms with Gasteiger partial charge in [0, 0.05) is 24.7 Å². The van der Waals surface area contributed by atoms with Crippen LogP contribution in [0.25, 0.3) is 6.08 Å². The van der Waals surface area contributed by atoms with E-state index < -0.39 is 0 Å². The molecule has 3 aromatic rings. The van der Waals surface area contributed by atoms with Crippen molar-refractivity contribution < 1.29 is 14.3 Å². The summed E-state index contributed by atoms with van der Waals surface area (Å²) in [6.07, 6.45) is 8.19. The molecule has 0 saturated heterocycles. The van der Waals surface area contributed by atoms with Crippen molar-refractivity contribution in [2.75, 3.05) is 25.0 Å². The average Bonchev–Trinajstić information content (AvgIpc) is 2.97. The first-order chi connectivity index (χ1) is 19.0. The minimum Gasteiger partial charge on any atom is -0.449 e. The zero-order valence-electron chi connectivity index (χ0n) is 22.9. The van der Waals surface area contributed by atoms with Crippen LogP contribution in [0.4, 0.5) is 5.69 Å². The van der Waals surface area contributed by atoms with Crippen molar-refractivity contribution in [1.82, 2.24) is 10.2 Å². The van der Waals surface area contributed by atoms with Gasteiger partial charge in [-0.1, -0.05) is 67.8 Å². The van der Waals surface area contributed by atoms with Crippen LogP contribution >= 0.6 is 0 Å². The summed E-state index contributed by atoms with van der Waals surface area (Å²) >= 11 is 0. The fourth-order valence-corrected chi connectivity index (χ4v) is 5.41. The topological polar surface area (TPSA) is 61.9 Å². The quantitative estimate of drug-likeness (QED) is 0.370. The molecule has 6 heteroatoms. The molecule has 1 N–H and O–H groups in total.